The summed E-state index contributed by atoms with van der Waals surface area (Å²) in [7, 11) is 1.77. The van der Waals surface area contributed by atoms with Gasteiger partial charge in [0.15, 0.2) is 17.0 Å². The van der Waals surface area contributed by atoms with Crippen LogP contribution in [0.2, 0.25) is 0 Å². The van der Waals surface area contributed by atoms with Crippen molar-refractivity contribution in [3.05, 3.63) is 30.5 Å². The van der Waals surface area contributed by atoms with Crippen molar-refractivity contribution in [2.75, 3.05) is 42.2 Å². The van der Waals surface area contributed by atoms with E-state index in [-0.39, 0.29) is 17.9 Å². The van der Waals surface area contributed by atoms with Gasteiger partial charge in [-0.25, -0.2) is 9.78 Å². The molecule has 2 N–H and O–H groups in total. The van der Waals surface area contributed by atoms with E-state index in [2.05, 4.69) is 20.5 Å². The van der Waals surface area contributed by atoms with Crippen LogP contribution in [0.5, 0.6) is 5.75 Å². The number of benzene rings is 1. The highest BCUT2D eigenvalue weighted by molar-refractivity contribution is 6.00. The maximum atomic E-state index is 12.4. The molecule has 2 aliphatic rings. The Morgan fingerprint density at radius 3 is 2.84 bits per heavy atom. The van der Waals surface area contributed by atoms with Gasteiger partial charge in [-0.1, -0.05) is 0 Å². The Morgan fingerprint density at radius 2 is 2.08 bits per heavy atom. The number of carbonyl (C=O) groups is 2. The van der Waals surface area contributed by atoms with Crippen molar-refractivity contribution in [2.45, 2.75) is 52.2 Å². The molecule has 0 bridgehead atoms. The van der Waals surface area contributed by atoms with Crippen molar-refractivity contribution in [3.63, 3.8) is 0 Å². The number of anilines is 4. The van der Waals surface area contributed by atoms with Crippen LogP contribution in [0.15, 0.2) is 34.9 Å². The standard InChI is InChI=1S/C27H34N6O5/c1-26(2,3)38-25(35)32(6)14-16-9-11-33(15-16)22-21-18(10-12-36-21)30-24(31-22)28-17-7-8-20-19(13-17)29-23(34)27(4,5)37-20/h7-8,10,12-13,16H,9,11,14-15H2,1-6H3,(H,29,34)(H,28,30,31). The average molecular weight is 523 g/mol. The van der Waals surface area contributed by atoms with Gasteiger partial charge in [-0.15, -0.1) is 0 Å². The van der Waals surface area contributed by atoms with Crippen LogP contribution >= 0.6 is 0 Å². The maximum absolute atomic E-state index is 12.4. The van der Waals surface area contributed by atoms with Crippen LogP contribution in [0.3, 0.4) is 0 Å². The largest absolute Gasteiger partial charge is 0.476 e. The number of carbonyl (C=O) groups excluding carboxylic acids is 2. The van der Waals surface area contributed by atoms with E-state index >= 15 is 0 Å². The van der Waals surface area contributed by atoms with E-state index in [1.165, 1.54) is 0 Å². The first-order valence-corrected chi connectivity index (χ1v) is 12.7. The first kappa shape index (κ1) is 25.6. The van der Waals surface area contributed by atoms with Crippen LogP contribution < -0.4 is 20.3 Å². The van der Waals surface area contributed by atoms with Gasteiger partial charge in [-0.2, -0.15) is 4.98 Å². The molecule has 0 saturated carbocycles. The Labute approximate surface area is 221 Å². The van der Waals surface area contributed by atoms with Gasteiger partial charge in [0.1, 0.15) is 16.9 Å². The zero-order valence-electron chi connectivity index (χ0n) is 22.6. The number of amides is 2. The Kier molecular flexibility index (Phi) is 6.32. The van der Waals surface area contributed by atoms with Crippen molar-refractivity contribution >= 4 is 46.2 Å². The molecule has 0 radical (unpaired) electrons. The Balaban J connectivity index is 1.32. The third-order valence-corrected chi connectivity index (χ3v) is 6.50. The van der Waals surface area contributed by atoms with Gasteiger partial charge in [-0.3, -0.25) is 4.79 Å². The third-order valence-electron chi connectivity index (χ3n) is 6.50. The van der Waals surface area contributed by atoms with Crippen molar-refractivity contribution in [1.29, 1.82) is 0 Å². The summed E-state index contributed by atoms with van der Waals surface area (Å²) in [5.41, 5.74) is 1.13. The lowest BCUT2D eigenvalue weighted by Crippen LogP contribution is -2.45. The topological polar surface area (TPSA) is 122 Å². The second kappa shape index (κ2) is 9.38. The molecule has 2 aliphatic heterocycles. The molecule has 3 aromatic rings. The molecule has 0 aliphatic carbocycles. The van der Waals surface area contributed by atoms with E-state index in [4.69, 9.17) is 18.9 Å². The average Bonchev–Trinajstić information content (AvgIpc) is 3.48. The van der Waals surface area contributed by atoms with Crippen molar-refractivity contribution in [2.24, 2.45) is 5.92 Å². The molecular weight excluding hydrogens is 488 g/mol. The number of nitrogens with zero attached hydrogens (tertiary/aromatic N) is 4. The van der Waals surface area contributed by atoms with E-state index < -0.39 is 11.2 Å². The number of fused-ring (bicyclic) bond motifs is 2. The van der Waals surface area contributed by atoms with E-state index in [0.717, 1.165) is 19.5 Å². The Hall–Kier alpha value is -4.02. The van der Waals surface area contributed by atoms with E-state index in [1.54, 1.807) is 44.2 Å². The van der Waals surface area contributed by atoms with Gasteiger partial charge in [0.2, 0.25) is 5.95 Å². The van der Waals surface area contributed by atoms with E-state index in [9.17, 15) is 9.59 Å². The number of hydrogen-bond acceptors (Lipinski definition) is 9. The monoisotopic (exact) mass is 522 g/mol. The van der Waals surface area contributed by atoms with E-state index in [1.807, 2.05) is 32.9 Å². The molecule has 2 aromatic heterocycles. The fourth-order valence-electron chi connectivity index (χ4n) is 4.61. The molecule has 11 heteroatoms. The van der Waals surface area contributed by atoms with Crippen molar-refractivity contribution in [1.82, 2.24) is 14.9 Å². The smallest absolute Gasteiger partial charge is 0.410 e. The minimum absolute atomic E-state index is 0.207. The SMILES string of the molecule is CN(CC1CCN(c2nc(Nc3ccc4c(c3)NC(=O)C(C)(C)O4)nc3ccoc23)C1)C(=O)OC(C)(C)C. The fourth-order valence-corrected chi connectivity index (χ4v) is 4.61. The van der Waals surface area contributed by atoms with Crippen molar-refractivity contribution in [3.8, 4) is 5.75 Å². The van der Waals surface area contributed by atoms with Gasteiger partial charge in [-0.05, 0) is 65.2 Å². The lowest BCUT2D eigenvalue weighted by atomic mass is 10.1. The van der Waals surface area contributed by atoms with Crippen molar-refractivity contribution < 1.29 is 23.5 Å². The van der Waals surface area contributed by atoms with Gasteiger partial charge in [0.05, 0.1) is 12.0 Å². The lowest BCUT2D eigenvalue weighted by molar-refractivity contribution is -0.129. The van der Waals surface area contributed by atoms with Crippen LogP contribution in [0.4, 0.5) is 27.9 Å². The zero-order chi connectivity index (χ0) is 27.2. The molecule has 0 spiro atoms. The maximum Gasteiger partial charge on any atom is 0.410 e. The molecular formula is C27H34N6O5. The highest BCUT2D eigenvalue weighted by Crippen LogP contribution is 2.37. The minimum atomic E-state index is -0.929. The van der Waals surface area contributed by atoms with Gasteiger partial charge in [0, 0.05) is 38.4 Å². The van der Waals surface area contributed by atoms with Crippen LogP contribution in [0, 0.1) is 5.92 Å². The number of nitrogens with one attached hydrogen (secondary N) is 2. The molecule has 1 unspecified atom stereocenters. The van der Waals surface area contributed by atoms with Gasteiger partial charge < -0.3 is 34.3 Å². The Bertz CT molecular complexity index is 1380. The van der Waals surface area contributed by atoms with Crippen LogP contribution in [0.1, 0.15) is 41.0 Å². The summed E-state index contributed by atoms with van der Waals surface area (Å²) in [5, 5.41) is 6.14. The summed E-state index contributed by atoms with van der Waals surface area (Å²) in [6.45, 7) is 11.1. The van der Waals surface area contributed by atoms with Gasteiger partial charge in [0.25, 0.3) is 5.91 Å². The molecule has 2 amide bonds. The summed E-state index contributed by atoms with van der Waals surface area (Å²) in [5.74, 6) is 1.76. The summed E-state index contributed by atoms with van der Waals surface area (Å²) >= 11 is 0. The Morgan fingerprint density at radius 1 is 1.29 bits per heavy atom. The summed E-state index contributed by atoms with van der Waals surface area (Å²) in [6, 6.07) is 7.26. The molecule has 4 heterocycles. The molecule has 1 atom stereocenters. The zero-order valence-corrected chi connectivity index (χ0v) is 22.6. The first-order valence-electron chi connectivity index (χ1n) is 12.7. The fraction of sp³-hybridized carbons (Fsp3) is 0.481. The molecule has 5 rings (SSSR count). The van der Waals surface area contributed by atoms with Gasteiger partial charge >= 0.3 is 6.09 Å². The number of hydrogen-bond donors (Lipinski definition) is 2. The molecule has 1 fully saturated rings. The summed E-state index contributed by atoms with van der Waals surface area (Å²) in [4.78, 5) is 37.9. The molecule has 202 valence electrons. The highest BCUT2D eigenvalue weighted by atomic mass is 16.6. The number of rotatable bonds is 5. The van der Waals surface area contributed by atoms with Crippen LogP contribution in [-0.2, 0) is 9.53 Å². The molecule has 11 nitrogen and oxygen atoms in total. The number of aromatic nitrogens is 2. The quantitative estimate of drug-likeness (QED) is 0.488. The van der Waals surface area contributed by atoms with E-state index in [0.29, 0.717) is 46.5 Å². The normalized spacial score (nSPS) is 18.5. The third kappa shape index (κ3) is 5.32. The predicted molar refractivity (Wildman–Crippen MR) is 144 cm³/mol. The first-order chi connectivity index (χ1) is 17.9. The highest BCUT2D eigenvalue weighted by Gasteiger charge is 2.35. The summed E-state index contributed by atoms with van der Waals surface area (Å²) < 4.78 is 17.1. The van der Waals surface area contributed by atoms with Crippen LogP contribution in [0.25, 0.3) is 11.1 Å². The second-order valence-corrected chi connectivity index (χ2v) is 11.4. The lowest BCUT2D eigenvalue weighted by Gasteiger charge is -2.31. The molecule has 1 saturated heterocycles. The molecule has 38 heavy (non-hydrogen) atoms. The minimum Gasteiger partial charge on any atom is -0.476 e. The number of ether oxygens (including phenoxy) is 2. The number of furan rings is 1. The predicted octanol–water partition coefficient (Wildman–Crippen LogP) is 4.77. The summed E-state index contributed by atoms with van der Waals surface area (Å²) in [6.07, 6.45) is 2.18. The van der Waals surface area contributed by atoms with Crippen LogP contribution in [-0.4, -0.2) is 64.8 Å². The molecule has 1 aromatic carbocycles. The second-order valence-electron chi connectivity index (χ2n) is 11.4.